The van der Waals surface area contributed by atoms with E-state index in [9.17, 15) is 19.5 Å². The summed E-state index contributed by atoms with van der Waals surface area (Å²) in [5.74, 6) is -1.68. The Bertz CT molecular complexity index is 1930. The number of fused-ring (bicyclic) bond motifs is 1. The number of aromatic nitrogens is 3. The molecule has 0 radical (unpaired) electrons. The zero-order chi connectivity index (χ0) is 30.2. The summed E-state index contributed by atoms with van der Waals surface area (Å²) in [5.41, 5.74) is 2.05. The van der Waals surface area contributed by atoms with Gasteiger partial charge in [-0.25, -0.2) is 14.8 Å². The van der Waals surface area contributed by atoms with Crippen LogP contribution in [-0.4, -0.2) is 43.7 Å². The Balaban J connectivity index is 1.55. The molecule has 2 aromatic carbocycles. The van der Waals surface area contributed by atoms with Gasteiger partial charge in [-0.2, -0.15) is 0 Å². The number of aliphatic hydroxyl groups excluding tert-OH is 1. The van der Waals surface area contributed by atoms with E-state index in [1.54, 1.807) is 67.8 Å². The number of nitrogens with zero attached hydrogens (tertiary/aromatic N) is 4. The maximum Gasteiger partial charge on any atom is 0.350 e. The average molecular weight is 595 g/mol. The third kappa shape index (κ3) is 4.93. The maximum atomic E-state index is 13.8. The lowest BCUT2D eigenvalue weighted by Gasteiger charge is -2.23. The van der Waals surface area contributed by atoms with Crippen LogP contribution in [0, 0.1) is 13.8 Å². The highest BCUT2D eigenvalue weighted by atomic mass is 32.1. The zero-order valence-electron chi connectivity index (χ0n) is 23.5. The predicted octanol–water partition coefficient (Wildman–Crippen LogP) is 6.00. The smallest absolute Gasteiger partial charge is 0.350 e. The third-order valence-corrected chi connectivity index (χ3v) is 8.11. The number of carbonyl (C=O) groups excluding carboxylic acids is 3. The molecule has 0 aliphatic carbocycles. The molecule has 1 fully saturated rings. The van der Waals surface area contributed by atoms with Gasteiger partial charge in [-0.05, 0) is 62.7 Å². The molecule has 0 saturated carbocycles. The van der Waals surface area contributed by atoms with Crippen molar-refractivity contribution in [2.24, 2.45) is 0 Å². The molecule has 1 aliphatic heterocycles. The first kappa shape index (κ1) is 27.9. The number of thiazole rings is 1. The number of benzene rings is 2. The minimum absolute atomic E-state index is 0.121. The Labute approximate surface area is 250 Å². The monoisotopic (exact) mass is 594 g/mol. The SMILES string of the molecule is CCOC(=O)c1sc(N2C(=O)C(=O)C(=C(O)c3c(C)nc4ccccn34)C2c2cccc(Oc3ccccc3)c2)nc1C. The van der Waals surface area contributed by atoms with E-state index in [1.165, 1.54) is 4.90 Å². The summed E-state index contributed by atoms with van der Waals surface area (Å²) in [4.78, 5) is 50.6. The van der Waals surface area contributed by atoms with Crippen molar-refractivity contribution in [1.29, 1.82) is 0 Å². The molecular weight excluding hydrogens is 568 g/mol. The van der Waals surface area contributed by atoms with Crippen molar-refractivity contribution in [3.05, 3.63) is 112 Å². The van der Waals surface area contributed by atoms with Gasteiger partial charge in [0.05, 0.1) is 29.6 Å². The van der Waals surface area contributed by atoms with Crippen molar-refractivity contribution in [3.63, 3.8) is 0 Å². The summed E-state index contributed by atoms with van der Waals surface area (Å²) in [6, 6.07) is 20.4. The first-order valence-corrected chi connectivity index (χ1v) is 14.3. The molecule has 1 N–H and O–H groups in total. The maximum absolute atomic E-state index is 13.8. The Morgan fingerprint density at radius 1 is 0.953 bits per heavy atom. The van der Waals surface area contributed by atoms with Crippen molar-refractivity contribution in [1.82, 2.24) is 14.4 Å². The number of ketones is 1. The second-order valence-corrected chi connectivity index (χ2v) is 10.7. The minimum atomic E-state index is -1.09. The number of ether oxygens (including phenoxy) is 2. The van der Waals surface area contributed by atoms with Crippen molar-refractivity contribution >= 4 is 45.5 Å². The molecule has 11 heteroatoms. The van der Waals surface area contributed by atoms with Crippen LogP contribution in [-0.2, 0) is 14.3 Å². The summed E-state index contributed by atoms with van der Waals surface area (Å²) >= 11 is 0.947. The fourth-order valence-electron chi connectivity index (χ4n) is 5.12. The minimum Gasteiger partial charge on any atom is -0.505 e. The lowest BCUT2D eigenvalue weighted by Crippen LogP contribution is -2.29. The van der Waals surface area contributed by atoms with Crippen molar-refractivity contribution in [2.45, 2.75) is 26.8 Å². The van der Waals surface area contributed by atoms with Crippen LogP contribution >= 0.6 is 11.3 Å². The molecule has 0 spiro atoms. The molecule has 216 valence electrons. The molecule has 1 unspecified atom stereocenters. The molecule has 5 aromatic rings. The summed E-state index contributed by atoms with van der Waals surface area (Å²) in [6.45, 7) is 5.22. The number of aryl methyl sites for hydroxylation is 2. The van der Waals surface area contributed by atoms with Gasteiger partial charge < -0.3 is 14.6 Å². The number of esters is 1. The predicted molar refractivity (Wildman–Crippen MR) is 160 cm³/mol. The number of hydrogen-bond acceptors (Lipinski definition) is 9. The van der Waals surface area contributed by atoms with Crippen LogP contribution in [0.2, 0.25) is 0 Å². The number of pyridine rings is 1. The molecule has 3 aromatic heterocycles. The molecule has 4 heterocycles. The van der Waals surface area contributed by atoms with Gasteiger partial charge in [0.25, 0.3) is 5.78 Å². The number of carbonyl (C=O) groups is 3. The molecule has 1 aliphatic rings. The molecular formula is C32H26N4O6S. The zero-order valence-corrected chi connectivity index (χ0v) is 24.3. The Kier molecular flexibility index (Phi) is 7.24. The summed E-state index contributed by atoms with van der Waals surface area (Å²) < 4.78 is 12.9. The molecule has 10 nitrogen and oxygen atoms in total. The highest BCUT2D eigenvalue weighted by molar-refractivity contribution is 7.17. The number of amides is 1. The van der Waals surface area contributed by atoms with E-state index in [2.05, 4.69) is 9.97 Å². The lowest BCUT2D eigenvalue weighted by molar-refractivity contribution is -0.132. The van der Waals surface area contributed by atoms with Gasteiger partial charge in [-0.1, -0.05) is 47.7 Å². The summed E-state index contributed by atoms with van der Waals surface area (Å²) in [7, 11) is 0. The van der Waals surface area contributed by atoms with Gasteiger partial charge in [0, 0.05) is 6.20 Å². The van der Waals surface area contributed by atoms with Gasteiger partial charge in [0.2, 0.25) is 0 Å². The number of hydrogen-bond donors (Lipinski definition) is 1. The van der Waals surface area contributed by atoms with E-state index in [0.29, 0.717) is 34.1 Å². The van der Waals surface area contributed by atoms with E-state index in [0.717, 1.165) is 11.3 Å². The number of anilines is 1. The number of rotatable bonds is 7. The standard InChI is InChI=1S/C32H26N4O6S/c1-4-41-31(40)29-19(3)34-32(43-29)36-26(20-11-10-14-22(17-20)42-21-12-6-5-7-13-21)24(28(38)30(36)39)27(37)25-18(2)33-23-15-8-9-16-35(23)25/h5-17,26,37H,4H2,1-3H3. The van der Waals surface area contributed by atoms with Crippen molar-refractivity contribution in [2.75, 3.05) is 11.5 Å². The van der Waals surface area contributed by atoms with Crippen molar-refractivity contribution < 1.29 is 29.0 Å². The molecule has 6 rings (SSSR count). The topological polar surface area (TPSA) is 123 Å². The molecule has 43 heavy (non-hydrogen) atoms. The average Bonchev–Trinajstić information content (AvgIpc) is 3.63. The first-order valence-electron chi connectivity index (χ1n) is 13.5. The van der Waals surface area contributed by atoms with Gasteiger partial charge in [0.1, 0.15) is 27.7 Å². The van der Waals surface area contributed by atoms with E-state index < -0.39 is 23.7 Å². The van der Waals surface area contributed by atoms with Gasteiger partial charge >= 0.3 is 11.9 Å². The number of aliphatic hydroxyl groups is 1. The quantitative estimate of drug-likeness (QED) is 0.105. The van der Waals surface area contributed by atoms with Crippen LogP contribution in [0.5, 0.6) is 11.5 Å². The highest BCUT2D eigenvalue weighted by Gasteiger charge is 2.49. The van der Waals surface area contributed by atoms with Gasteiger partial charge in [0.15, 0.2) is 10.9 Å². The second-order valence-electron chi connectivity index (χ2n) is 9.76. The lowest BCUT2D eigenvalue weighted by atomic mass is 9.96. The summed E-state index contributed by atoms with van der Waals surface area (Å²) in [6.07, 6.45) is 1.72. The van der Waals surface area contributed by atoms with Crippen LogP contribution in [0.15, 0.2) is 84.6 Å². The summed E-state index contributed by atoms with van der Waals surface area (Å²) in [5, 5.41) is 11.9. The van der Waals surface area contributed by atoms with Gasteiger partial charge in [-0.3, -0.25) is 18.9 Å². The van der Waals surface area contributed by atoms with Crippen molar-refractivity contribution in [3.8, 4) is 11.5 Å². The van der Waals surface area contributed by atoms with Crippen LogP contribution in [0.25, 0.3) is 11.4 Å². The van der Waals surface area contributed by atoms with E-state index >= 15 is 0 Å². The van der Waals surface area contributed by atoms with E-state index in [-0.39, 0.29) is 33.6 Å². The highest BCUT2D eigenvalue weighted by Crippen LogP contribution is 2.45. The van der Waals surface area contributed by atoms with Crippen LogP contribution in [0.3, 0.4) is 0 Å². The normalized spacial score (nSPS) is 16.2. The fourth-order valence-corrected chi connectivity index (χ4v) is 6.10. The number of imidazole rings is 1. The molecule has 1 amide bonds. The second kappa shape index (κ2) is 11.2. The van der Waals surface area contributed by atoms with E-state index in [1.807, 2.05) is 36.4 Å². The number of Topliss-reactive ketones (excluding diaryl/α,β-unsaturated/α-hetero) is 1. The van der Waals surface area contributed by atoms with Crippen LogP contribution in [0.1, 0.15) is 45.3 Å². The molecule has 0 bridgehead atoms. The Morgan fingerprint density at radius 2 is 1.70 bits per heavy atom. The fraction of sp³-hybridized carbons (Fsp3) is 0.156. The number of para-hydroxylation sites is 1. The molecule has 1 atom stereocenters. The van der Waals surface area contributed by atoms with Crippen LogP contribution < -0.4 is 9.64 Å². The first-order chi connectivity index (χ1) is 20.8. The molecule has 1 saturated heterocycles. The Morgan fingerprint density at radius 3 is 2.47 bits per heavy atom. The Hall–Kier alpha value is -5.29. The van der Waals surface area contributed by atoms with Gasteiger partial charge in [-0.15, -0.1) is 0 Å². The largest absolute Gasteiger partial charge is 0.505 e. The third-order valence-electron chi connectivity index (χ3n) is 6.98. The van der Waals surface area contributed by atoms with E-state index in [4.69, 9.17) is 9.47 Å². The van der Waals surface area contributed by atoms with Crippen LogP contribution in [0.4, 0.5) is 5.13 Å².